The van der Waals surface area contributed by atoms with Gasteiger partial charge < -0.3 is 35.2 Å². The van der Waals surface area contributed by atoms with Crippen molar-refractivity contribution in [2.24, 2.45) is 35.5 Å². The van der Waals surface area contributed by atoms with Crippen LogP contribution in [0.1, 0.15) is 83.3 Å². The van der Waals surface area contributed by atoms with E-state index in [1.54, 1.807) is 104 Å². The lowest BCUT2D eigenvalue weighted by atomic mass is 9.81. The molecule has 5 N–H and O–H groups in total. The Labute approximate surface area is 350 Å². The van der Waals surface area contributed by atoms with Crippen LogP contribution in [-0.2, 0) is 19.1 Å². The number of allylic oxidation sites excluding steroid dienone is 5. The van der Waals surface area contributed by atoms with E-state index in [2.05, 4.69) is 11.9 Å². The molecule has 10 nitrogen and oxygen atoms in total. The summed E-state index contributed by atoms with van der Waals surface area (Å²) in [6.45, 7) is 17.0. The van der Waals surface area contributed by atoms with Gasteiger partial charge in [-0.25, -0.2) is 9.59 Å². The second-order valence-corrected chi connectivity index (χ2v) is 16.1. The lowest BCUT2D eigenvalue weighted by molar-refractivity contribution is -0.163. The second-order valence-electron chi connectivity index (χ2n) is 16.1. The molecular weight excluding hydrogens is 747 g/mol. The molecule has 0 radical (unpaired) electrons. The highest BCUT2D eigenvalue weighted by Gasteiger charge is 2.35. The van der Waals surface area contributed by atoms with Gasteiger partial charge in [0.05, 0.1) is 24.4 Å². The molecule has 0 saturated heterocycles. The number of aliphatic hydroxyl groups excluding tert-OH is 4. The predicted octanol–water partition coefficient (Wildman–Crippen LogP) is 7.39. The third-order valence-electron chi connectivity index (χ3n) is 11.0. The van der Waals surface area contributed by atoms with Crippen LogP contribution in [0.2, 0.25) is 0 Å². The van der Waals surface area contributed by atoms with Gasteiger partial charge in [0, 0.05) is 47.6 Å². The van der Waals surface area contributed by atoms with Gasteiger partial charge in [0.25, 0.3) is 5.91 Å². The Bertz CT molecular complexity index is 1780. The first-order valence-electron chi connectivity index (χ1n) is 20.6. The normalized spacial score (nSPS) is 32.0. The van der Waals surface area contributed by atoms with Crippen molar-refractivity contribution in [3.63, 3.8) is 0 Å². The molecular formula is C49H65NO9. The third-order valence-corrected chi connectivity index (χ3v) is 11.0. The average Bonchev–Trinajstić information content (AvgIpc) is 3.22. The summed E-state index contributed by atoms with van der Waals surface area (Å²) in [6, 6.07) is 15.9. The Balaban J connectivity index is 1.96. The van der Waals surface area contributed by atoms with Gasteiger partial charge in [0.15, 0.2) is 6.10 Å². The number of hydrogen-bond acceptors (Lipinski definition) is 9. The Morgan fingerprint density at radius 2 is 1.53 bits per heavy atom. The highest BCUT2D eigenvalue weighted by molar-refractivity contribution is 5.95. The van der Waals surface area contributed by atoms with Crippen LogP contribution in [0.3, 0.4) is 0 Å². The largest absolute Gasteiger partial charge is 0.460 e. The van der Waals surface area contributed by atoms with Crippen molar-refractivity contribution in [3.05, 3.63) is 145 Å². The van der Waals surface area contributed by atoms with Crippen molar-refractivity contribution in [2.75, 3.05) is 0 Å². The minimum Gasteiger partial charge on any atom is -0.460 e. The summed E-state index contributed by atoms with van der Waals surface area (Å²) in [5.74, 6) is -4.09. The molecule has 1 aliphatic heterocycles. The molecule has 3 rings (SSSR count). The van der Waals surface area contributed by atoms with Crippen LogP contribution < -0.4 is 5.32 Å². The van der Waals surface area contributed by atoms with Gasteiger partial charge in [-0.3, -0.25) is 4.79 Å². The van der Waals surface area contributed by atoms with Crippen LogP contribution in [0.15, 0.2) is 134 Å². The van der Waals surface area contributed by atoms with E-state index in [-0.39, 0.29) is 30.1 Å². The quantitative estimate of drug-likeness (QED) is 0.0988. The molecule has 0 bridgehead atoms. The van der Waals surface area contributed by atoms with Crippen molar-refractivity contribution < 1.29 is 44.3 Å². The van der Waals surface area contributed by atoms with Gasteiger partial charge in [-0.1, -0.05) is 157 Å². The minimum absolute atomic E-state index is 0.0636. The zero-order chi connectivity index (χ0) is 43.6. The summed E-state index contributed by atoms with van der Waals surface area (Å²) in [6.07, 6.45) is 11.0. The zero-order valence-corrected chi connectivity index (χ0v) is 35.5. The van der Waals surface area contributed by atoms with Gasteiger partial charge in [0.2, 0.25) is 0 Å². The summed E-state index contributed by atoms with van der Waals surface area (Å²) >= 11 is 0. The molecule has 2 aromatic carbocycles. The molecule has 0 spiro atoms. The maximum atomic E-state index is 13.8. The molecule has 1 heterocycles. The predicted molar refractivity (Wildman–Crippen MR) is 232 cm³/mol. The van der Waals surface area contributed by atoms with E-state index in [1.165, 1.54) is 12.2 Å². The van der Waals surface area contributed by atoms with Crippen molar-refractivity contribution in [2.45, 2.75) is 104 Å². The van der Waals surface area contributed by atoms with E-state index in [9.17, 15) is 34.8 Å². The summed E-state index contributed by atoms with van der Waals surface area (Å²) in [5.41, 5.74) is 1.82. The monoisotopic (exact) mass is 811 g/mol. The molecule has 0 aliphatic carbocycles. The molecule has 1 aliphatic rings. The number of amides is 1. The standard InChI is InChI=1S/C49H65NO9/c1-9-10-19-34(5)47-37(8)45(54)36(7)29-31(2)28-35(6)44(53)33(4)26-27-40(51)30-41(32(3)20-17-18-25-42(52)59-47)58-49(57)46(55)43(38-21-13-11-14-22-38)50-48(56)39-23-15-12-16-24-39/h9-28,32-37,40-41,43-47,51,53-55H,1,29-30H2,2-8H3,(H,50,56)/b19-10-,20-17+,25-18-,27-26-,31-28-/t32-,33+,34+,35+,36+,37+,40-,41+,43+,44+,45-,46-,47+/m1/s1. The van der Waals surface area contributed by atoms with Crippen LogP contribution in [0, 0.1) is 35.5 Å². The fourth-order valence-corrected chi connectivity index (χ4v) is 7.44. The van der Waals surface area contributed by atoms with Crippen molar-refractivity contribution in [3.8, 4) is 0 Å². The Morgan fingerprint density at radius 3 is 2.17 bits per heavy atom. The fraction of sp³-hybridized carbons (Fsp3) is 0.449. The maximum absolute atomic E-state index is 13.8. The number of aliphatic hydroxyl groups is 4. The summed E-state index contributed by atoms with van der Waals surface area (Å²) in [7, 11) is 0. The smallest absolute Gasteiger partial charge is 0.337 e. The van der Waals surface area contributed by atoms with Gasteiger partial charge in [-0.15, -0.1) is 0 Å². The van der Waals surface area contributed by atoms with Crippen LogP contribution in [0.5, 0.6) is 0 Å². The fourth-order valence-electron chi connectivity index (χ4n) is 7.44. The molecule has 0 unspecified atom stereocenters. The van der Waals surface area contributed by atoms with Crippen LogP contribution in [0.25, 0.3) is 0 Å². The van der Waals surface area contributed by atoms with Gasteiger partial charge in [-0.05, 0) is 37.0 Å². The number of carbonyl (C=O) groups is 3. The minimum atomic E-state index is -1.81. The Morgan fingerprint density at radius 1 is 0.881 bits per heavy atom. The van der Waals surface area contributed by atoms with E-state index >= 15 is 0 Å². The molecule has 10 heteroatoms. The van der Waals surface area contributed by atoms with E-state index in [0.717, 1.165) is 5.57 Å². The summed E-state index contributed by atoms with van der Waals surface area (Å²) in [4.78, 5) is 40.2. The van der Waals surface area contributed by atoms with Crippen molar-refractivity contribution in [1.82, 2.24) is 5.32 Å². The number of rotatable bonds is 9. The lowest BCUT2D eigenvalue weighted by Crippen LogP contribution is -2.43. The highest BCUT2D eigenvalue weighted by Crippen LogP contribution is 2.30. The van der Waals surface area contributed by atoms with E-state index in [0.29, 0.717) is 17.5 Å². The zero-order valence-electron chi connectivity index (χ0n) is 35.5. The lowest BCUT2D eigenvalue weighted by Gasteiger charge is -2.33. The molecule has 0 fully saturated rings. The number of ether oxygens (including phenoxy) is 2. The van der Waals surface area contributed by atoms with E-state index in [1.807, 2.05) is 53.7 Å². The van der Waals surface area contributed by atoms with Crippen LogP contribution in [-0.4, -0.2) is 74.9 Å². The first-order chi connectivity index (χ1) is 28.0. The van der Waals surface area contributed by atoms with E-state index < -0.39 is 72.3 Å². The molecule has 13 atom stereocenters. The molecule has 59 heavy (non-hydrogen) atoms. The molecule has 0 aromatic heterocycles. The maximum Gasteiger partial charge on any atom is 0.337 e. The van der Waals surface area contributed by atoms with Crippen molar-refractivity contribution in [1.29, 1.82) is 0 Å². The number of esters is 2. The number of benzene rings is 2. The highest BCUT2D eigenvalue weighted by atomic mass is 16.6. The second kappa shape index (κ2) is 24.3. The van der Waals surface area contributed by atoms with Gasteiger partial charge in [-0.2, -0.15) is 0 Å². The van der Waals surface area contributed by atoms with Gasteiger partial charge in [0.1, 0.15) is 12.2 Å². The Kier molecular flexibility index (Phi) is 20.0. The van der Waals surface area contributed by atoms with E-state index in [4.69, 9.17) is 9.47 Å². The summed E-state index contributed by atoms with van der Waals surface area (Å²) in [5, 5.41) is 48.2. The number of hydrogen-bond donors (Lipinski definition) is 5. The van der Waals surface area contributed by atoms with Crippen LogP contribution >= 0.6 is 0 Å². The first-order valence-corrected chi connectivity index (χ1v) is 20.6. The SMILES string of the molecule is C=C/C=C\[C@H](C)[C@@H]1OC(=O)/C=C\C=C\[C@@H](C)[C@@H](OC(=O)[C@H](O)[C@@H](NC(=O)c2ccccc2)c2ccccc2)C[C@H](O)/C=C\[C@H](C)[C@H](O)[C@@H](C)/C=C(/C)C[C@H](C)[C@@H](O)[C@@H]1C. The molecule has 320 valence electrons. The molecule has 2 aromatic rings. The topological polar surface area (TPSA) is 163 Å². The Hall–Kier alpha value is -4.87. The number of carbonyl (C=O) groups excluding carboxylic acids is 3. The van der Waals surface area contributed by atoms with Gasteiger partial charge >= 0.3 is 11.9 Å². The molecule has 1 amide bonds. The van der Waals surface area contributed by atoms with Crippen molar-refractivity contribution >= 4 is 17.8 Å². The average molecular weight is 812 g/mol. The van der Waals surface area contributed by atoms with Crippen LogP contribution in [0.4, 0.5) is 0 Å². The summed E-state index contributed by atoms with van der Waals surface area (Å²) < 4.78 is 11.9. The first kappa shape index (κ1) is 48.5. The number of nitrogens with one attached hydrogen (secondary N) is 1. The third kappa shape index (κ3) is 15.3. The number of cyclic esters (lactones) is 1. The molecule has 0 saturated carbocycles.